The van der Waals surface area contributed by atoms with Gasteiger partial charge in [0.05, 0.1) is 23.7 Å². The van der Waals surface area contributed by atoms with Crippen molar-refractivity contribution in [2.24, 2.45) is 0 Å². The highest BCUT2D eigenvalue weighted by Gasteiger charge is 2.25. The lowest BCUT2D eigenvalue weighted by Crippen LogP contribution is -2.34. The molecular weight excluding hydrogens is 501 g/mol. The molecule has 3 aromatic rings. The van der Waals surface area contributed by atoms with Gasteiger partial charge >= 0.3 is 5.97 Å². The summed E-state index contributed by atoms with van der Waals surface area (Å²) in [6, 6.07) is 7.89. The third-order valence-corrected chi connectivity index (χ3v) is 7.65. The number of phenolic OH excluding ortho intramolecular Hbond substituents is 1. The van der Waals surface area contributed by atoms with Gasteiger partial charge in [-0.05, 0) is 55.5 Å². The molecule has 1 heterocycles. The van der Waals surface area contributed by atoms with Gasteiger partial charge < -0.3 is 25.4 Å². The molecule has 2 aromatic carbocycles. The van der Waals surface area contributed by atoms with Crippen molar-refractivity contribution in [1.82, 2.24) is 9.88 Å². The highest BCUT2D eigenvalue weighted by Crippen LogP contribution is 2.29. The fraction of sp³-hybridized carbons (Fsp3) is 0.433. The van der Waals surface area contributed by atoms with E-state index in [4.69, 9.17) is 0 Å². The maximum absolute atomic E-state index is 15.3. The first-order valence-corrected chi connectivity index (χ1v) is 13.7. The number of nitrogens with one attached hydrogen (secondary N) is 2. The van der Waals surface area contributed by atoms with Crippen molar-refractivity contribution < 1.29 is 24.2 Å². The van der Waals surface area contributed by atoms with Gasteiger partial charge in [0.15, 0.2) is 0 Å². The first kappa shape index (κ1) is 28.1. The minimum absolute atomic E-state index is 0.00103. The van der Waals surface area contributed by atoms with E-state index >= 15 is 4.39 Å². The third-order valence-electron chi connectivity index (χ3n) is 7.65. The van der Waals surface area contributed by atoms with Gasteiger partial charge in [0.2, 0.25) is 5.43 Å². The molecule has 9 heteroatoms. The fourth-order valence-corrected chi connectivity index (χ4v) is 5.46. The topological polar surface area (TPSA) is 121 Å². The Kier molecular flexibility index (Phi) is 8.89. The van der Waals surface area contributed by atoms with E-state index in [9.17, 15) is 24.6 Å². The first-order valence-electron chi connectivity index (χ1n) is 13.7. The zero-order valence-electron chi connectivity index (χ0n) is 22.4. The van der Waals surface area contributed by atoms with Crippen molar-refractivity contribution in [3.05, 3.63) is 69.8 Å². The van der Waals surface area contributed by atoms with E-state index in [-0.39, 0.29) is 28.8 Å². The predicted molar refractivity (Wildman–Crippen MR) is 149 cm³/mol. The Morgan fingerprint density at radius 2 is 1.74 bits per heavy atom. The van der Waals surface area contributed by atoms with E-state index in [2.05, 4.69) is 10.6 Å². The number of aliphatic carboxylic acids is 1. The molecule has 1 amide bonds. The number of halogens is 1. The summed E-state index contributed by atoms with van der Waals surface area (Å²) in [6.45, 7) is 4.02. The van der Waals surface area contributed by atoms with E-state index in [1.807, 2.05) is 18.4 Å². The number of hydrogen-bond acceptors (Lipinski definition) is 5. The van der Waals surface area contributed by atoms with Crippen LogP contribution in [0.3, 0.4) is 0 Å². The number of pyridine rings is 1. The van der Waals surface area contributed by atoms with Crippen molar-refractivity contribution in [2.75, 3.05) is 5.32 Å². The van der Waals surface area contributed by atoms with Gasteiger partial charge in [-0.3, -0.25) is 14.4 Å². The zero-order chi connectivity index (χ0) is 28.1. The number of amides is 1. The van der Waals surface area contributed by atoms with Crippen LogP contribution in [-0.2, 0) is 4.79 Å². The molecule has 1 aliphatic rings. The summed E-state index contributed by atoms with van der Waals surface area (Å²) in [7, 11) is 0. The number of aromatic hydroxyl groups is 1. The minimum atomic E-state index is -1.14. The van der Waals surface area contributed by atoms with Gasteiger partial charge in [-0.25, -0.2) is 4.39 Å². The molecule has 208 valence electrons. The zero-order valence-corrected chi connectivity index (χ0v) is 22.4. The number of fused-ring (bicyclic) bond motifs is 1. The summed E-state index contributed by atoms with van der Waals surface area (Å²) in [5, 5.41) is 25.1. The normalized spacial score (nSPS) is 14.9. The fourth-order valence-electron chi connectivity index (χ4n) is 5.46. The molecule has 1 aromatic heterocycles. The maximum Gasteiger partial charge on any atom is 0.305 e. The summed E-state index contributed by atoms with van der Waals surface area (Å²) in [5.74, 6) is -2.43. The third kappa shape index (κ3) is 6.41. The molecule has 0 radical (unpaired) electrons. The largest absolute Gasteiger partial charge is 0.508 e. The molecule has 1 atom stereocenters. The van der Waals surface area contributed by atoms with Gasteiger partial charge in [-0.2, -0.15) is 0 Å². The molecule has 0 aliphatic heterocycles. The van der Waals surface area contributed by atoms with Crippen molar-refractivity contribution in [1.29, 1.82) is 0 Å². The summed E-state index contributed by atoms with van der Waals surface area (Å²) < 4.78 is 17.2. The smallest absolute Gasteiger partial charge is 0.305 e. The molecule has 8 nitrogen and oxygen atoms in total. The van der Waals surface area contributed by atoms with Gasteiger partial charge in [0.25, 0.3) is 5.91 Å². The molecule has 0 saturated heterocycles. The number of nitrogens with zero attached hydrogens (tertiary/aromatic N) is 1. The molecule has 1 fully saturated rings. The van der Waals surface area contributed by atoms with Crippen molar-refractivity contribution in [3.8, 4) is 5.75 Å². The highest BCUT2D eigenvalue weighted by molar-refractivity contribution is 5.98. The average Bonchev–Trinajstić information content (AvgIpc) is 2.91. The van der Waals surface area contributed by atoms with Crippen LogP contribution in [-0.4, -0.2) is 32.7 Å². The number of benzene rings is 2. The first-order chi connectivity index (χ1) is 18.7. The standard InChI is InChI=1S/C30H36FN3O5/c1-3-20(4-2)34-17-23(30(39)33-25(16-28(36)37)18-10-12-21(35)13-11-18)29(38)22-14-24(31)26(15-27(22)34)32-19-8-6-5-7-9-19/h10-15,17,19-20,25,32,35H,3-9,16H2,1-2H3,(H,33,39)(H,36,37). The van der Waals surface area contributed by atoms with Crippen LogP contribution in [0.2, 0.25) is 0 Å². The number of phenols is 1. The van der Waals surface area contributed by atoms with E-state index in [1.165, 1.54) is 42.9 Å². The number of rotatable bonds is 10. The van der Waals surface area contributed by atoms with E-state index < -0.39 is 35.6 Å². The molecule has 4 rings (SSSR count). The Bertz CT molecular complexity index is 1390. The average molecular weight is 538 g/mol. The van der Waals surface area contributed by atoms with Crippen LogP contribution in [0, 0.1) is 5.82 Å². The molecule has 1 aliphatic carbocycles. The Labute approximate surface area is 226 Å². The number of carboxylic acid groups (broad SMARTS) is 1. The number of hydrogen-bond donors (Lipinski definition) is 4. The highest BCUT2D eigenvalue weighted by atomic mass is 19.1. The molecule has 0 spiro atoms. The van der Waals surface area contributed by atoms with Crippen LogP contribution in [0.1, 0.15) is 93.2 Å². The molecule has 1 unspecified atom stereocenters. The second kappa shape index (κ2) is 12.3. The summed E-state index contributed by atoms with van der Waals surface area (Å²) >= 11 is 0. The second-order valence-corrected chi connectivity index (χ2v) is 10.3. The summed E-state index contributed by atoms with van der Waals surface area (Å²) in [4.78, 5) is 38.5. The lowest BCUT2D eigenvalue weighted by Gasteiger charge is -2.26. The van der Waals surface area contributed by atoms with E-state index in [0.29, 0.717) is 16.8 Å². The van der Waals surface area contributed by atoms with Crippen LogP contribution >= 0.6 is 0 Å². The van der Waals surface area contributed by atoms with E-state index in [0.717, 1.165) is 38.5 Å². The number of carbonyl (C=O) groups excluding carboxylic acids is 1. The van der Waals surface area contributed by atoms with E-state index in [1.54, 1.807) is 6.07 Å². The van der Waals surface area contributed by atoms with Gasteiger partial charge in [0.1, 0.15) is 17.1 Å². The maximum atomic E-state index is 15.3. The lowest BCUT2D eigenvalue weighted by atomic mass is 9.95. The molecule has 0 bridgehead atoms. The Hall–Kier alpha value is -3.88. The van der Waals surface area contributed by atoms with Gasteiger partial charge in [-0.1, -0.05) is 45.2 Å². The van der Waals surface area contributed by atoms with Gasteiger partial charge in [0, 0.05) is 23.7 Å². The molecule has 1 saturated carbocycles. The molecular formula is C30H36FN3O5. The number of carboxylic acids is 1. The van der Waals surface area contributed by atoms with Crippen molar-refractivity contribution in [3.63, 3.8) is 0 Å². The minimum Gasteiger partial charge on any atom is -0.508 e. The monoisotopic (exact) mass is 537 g/mol. The van der Waals surface area contributed by atoms with Crippen LogP contribution in [0.25, 0.3) is 10.9 Å². The predicted octanol–water partition coefficient (Wildman–Crippen LogP) is 5.90. The number of anilines is 1. The Balaban J connectivity index is 1.77. The Morgan fingerprint density at radius 3 is 2.36 bits per heavy atom. The van der Waals surface area contributed by atoms with Crippen LogP contribution < -0.4 is 16.1 Å². The summed E-state index contributed by atoms with van der Waals surface area (Å²) in [5.41, 5.74) is 0.558. The Morgan fingerprint density at radius 1 is 1.08 bits per heavy atom. The second-order valence-electron chi connectivity index (χ2n) is 10.3. The van der Waals surface area contributed by atoms with Crippen LogP contribution in [0.15, 0.2) is 47.4 Å². The summed E-state index contributed by atoms with van der Waals surface area (Å²) in [6.07, 6.45) is 7.85. The van der Waals surface area contributed by atoms with Crippen LogP contribution in [0.4, 0.5) is 10.1 Å². The number of carbonyl (C=O) groups is 2. The van der Waals surface area contributed by atoms with Crippen molar-refractivity contribution >= 4 is 28.5 Å². The SMILES string of the molecule is CCC(CC)n1cc(C(=O)NC(CC(=O)O)c2ccc(O)cc2)c(=O)c2cc(F)c(NC3CCCCC3)cc21. The van der Waals surface area contributed by atoms with Gasteiger partial charge in [-0.15, -0.1) is 0 Å². The lowest BCUT2D eigenvalue weighted by molar-refractivity contribution is -0.137. The van der Waals surface area contributed by atoms with Crippen LogP contribution in [0.5, 0.6) is 5.75 Å². The quantitative estimate of drug-likeness (QED) is 0.256. The molecule has 4 N–H and O–H groups in total. The van der Waals surface area contributed by atoms with Crippen molar-refractivity contribution in [2.45, 2.75) is 83.3 Å². The molecule has 39 heavy (non-hydrogen) atoms. The number of aromatic nitrogens is 1.